The van der Waals surface area contributed by atoms with E-state index in [2.05, 4.69) is 15.2 Å². The minimum atomic E-state index is -3.64. The molecule has 0 aliphatic heterocycles. The lowest BCUT2D eigenvalue weighted by molar-refractivity contribution is -0.213. The number of benzene rings is 3. The van der Waals surface area contributed by atoms with Crippen LogP contribution in [0, 0.1) is 0 Å². The highest BCUT2D eigenvalue weighted by atomic mass is 32.2. The Morgan fingerprint density at radius 3 is 2.21 bits per heavy atom. The van der Waals surface area contributed by atoms with Gasteiger partial charge in [-0.05, 0) is 46.3 Å². The number of hydrazone groups is 1. The molecule has 34 heavy (non-hydrogen) atoms. The molecule has 3 aromatic carbocycles. The van der Waals surface area contributed by atoms with Gasteiger partial charge in [-0.2, -0.15) is 5.10 Å². The van der Waals surface area contributed by atoms with Gasteiger partial charge in [0, 0.05) is 23.7 Å². The maximum absolute atomic E-state index is 12.6. The number of rotatable bonds is 9. The molecule has 0 bridgehead atoms. The fourth-order valence-corrected chi connectivity index (χ4v) is 5.23. The summed E-state index contributed by atoms with van der Waals surface area (Å²) in [5, 5.41) is 18.4. The fraction of sp³-hybridized carbons (Fsp3) is 0.0385. The molecule has 0 radical (unpaired) electrons. The van der Waals surface area contributed by atoms with Gasteiger partial charge in [-0.15, -0.1) is 11.3 Å². The van der Waals surface area contributed by atoms with Crippen LogP contribution in [0.4, 0.5) is 5.69 Å². The van der Waals surface area contributed by atoms with Crippen LogP contribution in [0.1, 0.15) is 16.7 Å². The van der Waals surface area contributed by atoms with Gasteiger partial charge in [-0.25, -0.2) is 8.42 Å². The second-order valence-electron chi connectivity index (χ2n) is 7.39. The van der Waals surface area contributed by atoms with E-state index in [9.17, 15) is 13.5 Å². The third kappa shape index (κ3) is 6.34. The first-order valence-electron chi connectivity index (χ1n) is 10.5. The lowest BCUT2D eigenvalue weighted by Gasteiger charge is -2.14. The van der Waals surface area contributed by atoms with Crippen LogP contribution in [-0.2, 0) is 16.4 Å². The molecule has 0 aliphatic carbocycles. The Morgan fingerprint density at radius 2 is 1.56 bits per heavy atom. The molecule has 0 aliphatic rings. The number of nitrogens with one attached hydrogen (secondary N) is 2. The Labute approximate surface area is 203 Å². The normalized spacial score (nSPS) is 12.4. The van der Waals surface area contributed by atoms with Gasteiger partial charge in [0.15, 0.2) is 0 Å². The molecule has 0 fully saturated rings. The summed E-state index contributed by atoms with van der Waals surface area (Å²) < 4.78 is 27.4. The van der Waals surface area contributed by atoms with E-state index in [1.165, 1.54) is 18.2 Å². The number of anilines is 1. The molecule has 4 rings (SSSR count). The first kappa shape index (κ1) is 23.3. The zero-order chi connectivity index (χ0) is 23.8. The average molecular weight is 489 g/mol. The Hall–Kier alpha value is -3.88. The number of allylic oxidation sites excluding steroid dienone is 1. The van der Waals surface area contributed by atoms with E-state index in [1.807, 2.05) is 66.7 Å². The maximum atomic E-state index is 12.6. The van der Waals surface area contributed by atoms with E-state index in [0.29, 0.717) is 17.7 Å². The van der Waals surface area contributed by atoms with Crippen molar-refractivity contribution in [2.45, 2.75) is 10.6 Å². The van der Waals surface area contributed by atoms with Crippen molar-refractivity contribution in [3.63, 3.8) is 0 Å². The van der Waals surface area contributed by atoms with Crippen molar-refractivity contribution in [1.29, 1.82) is 0 Å². The molecule has 8 heteroatoms. The van der Waals surface area contributed by atoms with Gasteiger partial charge in [0.05, 0.1) is 0 Å². The molecule has 4 aromatic rings. The number of hydrogen-bond acceptors (Lipinski definition) is 6. The van der Waals surface area contributed by atoms with Gasteiger partial charge in [0.2, 0.25) is 0 Å². The van der Waals surface area contributed by atoms with Crippen LogP contribution in [0.25, 0.3) is 6.08 Å². The molecule has 0 spiro atoms. The standard InChI is InChI=1S/C26H23N3O3S2/c30-26(22-13-15-23(16-14-22)29-34(31,32)25-12-7-17-33-25)28-27-24(18-20-8-3-1-4-9-20)19-21-10-5-2-6-11-21/h1-18,27,29H,19H2,(H,28,30)/p-1/b24-18-. The summed E-state index contributed by atoms with van der Waals surface area (Å²) in [7, 11) is -3.64. The Kier molecular flexibility index (Phi) is 7.41. The van der Waals surface area contributed by atoms with Crippen molar-refractivity contribution in [2.24, 2.45) is 5.10 Å². The Morgan fingerprint density at radius 1 is 0.882 bits per heavy atom. The average Bonchev–Trinajstić information content (AvgIpc) is 3.40. The number of nitrogens with zero attached hydrogens (tertiary/aromatic N) is 1. The fourth-order valence-electron chi connectivity index (χ4n) is 3.18. The minimum Gasteiger partial charge on any atom is -0.857 e. The van der Waals surface area contributed by atoms with Crippen molar-refractivity contribution < 1.29 is 13.5 Å². The van der Waals surface area contributed by atoms with Crippen LogP contribution >= 0.6 is 11.3 Å². The zero-order valence-corrected chi connectivity index (χ0v) is 19.7. The molecule has 0 unspecified atom stereocenters. The monoisotopic (exact) mass is 488 g/mol. The highest BCUT2D eigenvalue weighted by Crippen LogP contribution is 2.20. The molecule has 6 nitrogen and oxygen atoms in total. The van der Waals surface area contributed by atoms with Gasteiger partial charge < -0.3 is 5.11 Å². The van der Waals surface area contributed by atoms with Gasteiger partial charge in [-0.3, -0.25) is 10.1 Å². The molecule has 0 saturated carbocycles. The smallest absolute Gasteiger partial charge is 0.271 e. The number of sulfonamides is 1. The highest BCUT2D eigenvalue weighted by molar-refractivity contribution is 7.94. The highest BCUT2D eigenvalue weighted by Gasteiger charge is 2.14. The Bertz CT molecular complexity index is 1370. The largest absolute Gasteiger partial charge is 0.857 e. The summed E-state index contributed by atoms with van der Waals surface area (Å²) in [5.74, 6) is -0.459. The van der Waals surface area contributed by atoms with E-state index < -0.39 is 15.9 Å². The summed E-state index contributed by atoms with van der Waals surface area (Å²) in [6.45, 7) is 0. The summed E-state index contributed by atoms with van der Waals surface area (Å²) in [6.07, 6.45) is 2.53. The van der Waals surface area contributed by atoms with Crippen LogP contribution in [0.15, 0.2) is 117 Å². The van der Waals surface area contributed by atoms with Crippen LogP contribution in [0.2, 0.25) is 0 Å². The van der Waals surface area contributed by atoms with E-state index in [4.69, 9.17) is 0 Å². The molecule has 172 valence electrons. The quantitative estimate of drug-likeness (QED) is 0.207. The molecule has 2 N–H and O–H groups in total. The van der Waals surface area contributed by atoms with E-state index in [1.54, 1.807) is 23.6 Å². The van der Waals surface area contributed by atoms with Crippen molar-refractivity contribution in [2.75, 3.05) is 4.72 Å². The van der Waals surface area contributed by atoms with Gasteiger partial charge in [0.25, 0.3) is 10.0 Å². The minimum absolute atomic E-state index is 0.225. The summed E-state index contributed by atoms with van der Waals surface area (Å²) in [5.41, 5.74) is 6.46. The molecule has 1 aromatic heterocycles. The third-order valence-electron chi connectivity index (χ3n) is 4.82. The summed E-state index contributed by atoms with van der Waals surface area (Å²) in [6, 6.07) is 29.1. The van der Waals surface area contributed by atoms with Gasteiger partial charge >= 0.3 is 0 Å². The van der Waals surface area contributed by atoms with E-state index in [-0.39, 0.29) is 4.21 Å². The van der Waals surface area contributed by atoms with E-state index >= 15 is 0 Å². The topological polar surface area (TPSA) is 93.6 Å². The Balaban J connectivity index is 1.48. The van der Waals surface area contributed by atoms with Gasteiger partial charge in [-0.1, -0.05) is 78.9 Å². The molecular formula is C26H22N3O3S2-. The van der Waals surface area contributed by atoms with Crippen molar-refractivity contribution in [3.05, 3.63) is 125 Å². The van der Waals surface area contributed by atoms with Crippen molar-refractivity contribution in [1.82, 2.24) is 5.43 Å². The van der Waals surface area contributed by atoms with Crippen LogP contribution in [0.5, 0.6) is 0 Å². The second kappa shape index (κ2) is 10.8. The van der Waals surface area contributed by atoms with Crippen molar-refractivity contribution >= 4 is 39.0 Å². The van der Waals surface area contributed by atoms with E-state index in [0.717, 1.165) is 28.2 Å². The molecule has 0 amide bonds. The summed E-state index contributed by atoms with van der Waals surface area (Å²) >= 11 is 1.13. The lowest BCUT2D eigenvalue weighted by Crippen LogP contribution is -2.23. The van der Waals surface area contributed by atoms with Crippen LogP contribution in [0.3, 0.4) is 0 Å². The predicted molar refractivity (Wildman–Crippen MR) is 136 cm³/mol. The first-order valence-corrected chi connectivity index (χ1v) is 12.8. The molecule has 0 saturated heterocycles. The number of thiophene rings is 1. The number of hydrogen-bond donors (Lipinski definition) is 2. The SMILES string of the molecule is O=S(=O)(Nc1ccc(C([O-])=NN/C(=C\c2ccccc2)Cc2ccccc2)cc1)c1cccs1. The molecular weight excluding hydrogens is 466 g/mol. The lowest BCUT2D eigenvalue weighted by atomic mass is 10.1. The van der Waals surface area contributed by atoms with Crippen LogP contribution < -0.4 is 15.3 Å². The maximum Gasteiger partial charge on any atom is 0.271 e. The summed E-state index contributed by atoms with van der Waals surface area (Å²) in [4.78, 5) is 0. The molecule has 0 atom stereocenters. The predicted octanol–water partition coefficient (Wildman–Crippen LogP) is 4.44. The van der Waals surface area contributed by atoms with Crippen molar-refractivity contribution in [3.8, 4) is 0 Å². The van der Waals surface area contributed by atoms with Crippen LogP contribution in [-0.4, -0.2) is 14.3 Å². The second-order valence-corrected chi connectivity index (χ2v) is 10.2. The zero-order valence-electron chi connectivity index (χ0n) is 18.1. The third-order valence-corrected chi connectivity index (χ3v) is 7.60. The first-order chi connectivity index (χ1) is 16.5. The molecule has 1 heterocycles. The van der Waals surface area contributed by atoms with Gasteiger partial charge in [0.1, 0.15) is 4.21 Å².